The number of rotatable bonds is 6. The second-order valence-electron chi connectivity index (χ2n) is 6.55. The first-order valence-corrected chi connectivity index (χ1v) is 8.23. The van der Waals surface area contributed by atoms with Gasteiger partial charge in [0.25, 0.3) is 0 Å². The molecule has 0 aromatic rings. The SMILES string of the molecule is CCCNC1CCC(N(C)CC2CCCC2)CC1. The summed E-state index contributed by atoms with van der Waals surface area (Å²) in [6.07, 6.45) is 12.8. The molecule has 0 amide bonds. The van der Waals surface area contributed by atoms with Gasteiger partial charge in [-0.15, -0.1) is 0 Å². The quantitative estimate of drug-likeness (QED) is 0.779. The number of nitrogens with one attached hydrogen (secondary N) is 1. The van der Waals surface area contributed by atoms with E-state index in [1.54, 1.807) is 0 Å². The molecule has 2 fully saturated rings. The van der Waals surface area contributed by atoms with Crippen molar-refractivity contribution in [3.63, 3.8) is 0 Å². The first-order chi connectivity index (χ1) is 8.79. The first kappa shape index (κ1) is 14.3. The molecule has 0 aliphatic heterocycles. The summed E-state index contributed by atoms with van der Waals surface area (Å²) >= 11 is 0. The van der Waals surface area contributed by atoms with Gasteiger partial charge in [0.1, 0.15) is 0 Å². The van der Waals surface area contributed by atoms with Gasteiger partial charge in [0.2, 0.25) is 0 Å². The van der Waals surface area contributed by atoms with E-state index in [1.807, 2.05) is 0 Å². The Kier molecular flexibility index (Phi) is 5.97. The van der Waals surface area contributed by atoms with E-state index in [9.17, 15) is 0 Å². The third-order valence-electron chi connectivity index (χ3n) is 5.02. The minimum absolute atomic E-state index is 0.807. The fourth-order valence-electron chi connectivity index (χ4n) is 3.82. The van der Waals surface area contributed by atoms with Crippen LogP contribution in [-0.4, -0.2) is 37.1 Å². The average Bonchev–Trinajstić information content (AvgIpc) is 2.89. The molecule has 0 heterocycles. The van der Waals surface area contributed by atoms with E-state index >= 15 is 0 Å². The van der Waals surface area contributed by atoms with Gasteiger partial charge in [-0.25, -0.2) is 0 Å². The molecule has 0 saturated heterocycles. The van der Waals surface area contributed by atoms with Gasteiger partial charge in [0, 0.05) is 18.6 Å². The molecule has 2 nitrogen and oxygen atoms in total. The Hall–Kier alpha value is -0.0800. The molecular weight excluding hydrogens is 220 g/mol. The third-order valence-corrected chi connectivity index (χ3v) is 5.02. The predicted molar refractivity (Wildman–Crippen MR) is 78.9 cm³/mol. The van der Waals surface area contributed by atoms with Crippen LogP contribution in [0.25, 0.3) is 0 Å². The van der Waals surface area contributed by atoms with Crippen molar-refractivity contribution < 1.29 is 0 Å². The molecule has 18 heavy (non-hydrogen) atoms. The second-order valence-corrected chi connectivity index (χ2v) is 6.55. The Balaban J connectivity index is 1.65. The van der Waals surface area contributed by atoms with E-state index in [0.29, 0.717) is 0 Å². The molecule has 0 spiro atoms. The lowest BCUT2D eigenvalue weighted by Gasteiger charge is -2.36. The van der Waals surface area contributed by atoms with E-state index in [2.05, 4.69) is 24.2 Å². The molecule has 2 rings (SSSR count). The standard InChI is InChI=1S/C16H32N2/c1-3-12-17-15-8-10-16(11-9-15)18(2)13-14-6-4-5-7-14/h14-17H,3-13H2,1-2H3. The van der Waals surface area contributed by atoms with E-state index in [1.165, 1.54) is 70.9 Å². The van der Waals surface area contributed by atoms with Crippen molar-refractivity contribution in [3.8, 4) is 0 Å². The molecule has 2 aliphatic rings. The largest absolute Gasteiger partial charge is 0.314 e. The highest BCUT2D eigenvalue weighted by atomic mass is 15.1. The van der Waals surface area contributed by atoms with Crippen LogP contribution in [0.4, 0.5) is 0 Å². The zero-order valence-electron chi connectivity index (χ0n) is 12.5. The molecule has 0 aromatic heterocycles. The van der Waals surface area contributed by atoms with Gasteiger partial charge < -0.3 is 10.2 Å². The van der Waals surface area contributed by atoms with Crippen LogP contribution in [0.5, 0.6) is 0 Å². The fraction of sp³-hybridized carbons (Fsp3) is 1.00. The van der Waals surface area contributed by atoms with Crippen LogP contribution in [0.15, 0.2) is 0 Å². The van der Waals surface area contributed by atoms with Crippen LogP contribution in [0, 0.1) is 5.92 Å². The summed E-state index contributed by atoms with van der Waals surface area (Å²) in [7, 11) is 2.36. The second kappa shape index (κ2) is 7.49. The molecule has 0 atom stereocenters. The highest BCUT2D eigenvalue weighted by Crippen LogP contribution is 2.28. The normalized spacial score (nSPS) is 30.2. The lowest BCUT2D eigenvalue weighted by Crippen LogP contribution is -2.42. The third kappa shape index (κ3) is 4.24. The highest BCUT2D eigenvalue weighted by molar-refractivity contribution is 4.83. The van der Waals surface area contributed by atoms with Crippen molar-refractivity contribution in [1.29, 1.82) is 0 Å². The van der Waals surface area contributed by atoms with Crippen molar-refractivity contribution >= 4 is 0 Å². The van der Waals surface area contributed by atoms with Crippen molar-refractivity contribution in [2.45, 2.75) is 76.8 Å². The minimum atomic E-state index is 0.807. The summed E-state index contributed by atoms with van der Waals surface area (Å²) in [5, 5.41) is 3.69. The Morgan fingerprint density at radius 1 is 1.00 bits per heavy atom. The van der Waals surface area contributed by atoms with E-state index in [4.69, 9.17) is 0 Å². The Bertz CT molecular complexity index is 215. The summed E-state index contributed by atoms with van der Waals surface area (Å²) in [4.78, 5) is 2.67. The monoisotopic (exact) mass is 252 g/mol. The van der Waals surface area contributed by atoms with Gasteiger partial charge in [-0.2, -0.15) is 0 Å². The van der Waals surface area contributed by atoms with Gasteiger partial charge >= 0.3 is 0 Å². The predicted octanol–water partition coefficient (Wildman–Crippen LogP) is 3.42. The molecule has 106 valence electrons. The smallest absolute Gasteiger partial charge is 0.00934 e. The van der Waals surface area contributed by atoms with Crippen molar-refractivity contribution in [2.75, 3.05) is 20.1 Å². The van der Waals surface area contributed by atoms with Crippen LogP contribution in [-0.2, 0) is 0 Å². The molecule has 2 heteroatoms. The maximum Gasteiger partial charge on any atom is 0.00934 e. The van der Waals surface area contributed by atoms with E-state index < -0.39 is 0 Å². The van der Waals surface area contributed by atoms with Crippen LogP contribution in [0.2, 0.25) is 0 Å². The van der Waals surface area contributed by atoms with Gasteiger partial charge in [-0.3, -0.25) is 0 Å². The molecule has 0 bridgehead atoms. The van der Waals surface area contributed by atoms with Crippen molar-refractivity contribution in [2.24, 2.45) is 5.92 Å². The maximum absolute atomic E-state index is 3.69. The van der Waals surface area contributed by atoms with Gasteiger partial charge in [-0.05, 0) is 64.5 Å². The molecule has 2 saturated carbocycles. The van der Waals surface area contributed by atoms with Gasteiger partial charge in [-0.1, -0.05) is 19.8 Å². The highest BCUT2D eigenvalue weighted by Gasteiger charge is 2.25. The minimum Gasteiger partial charge on any atom is -0.314 e. The summed E-state index contributed by atoms with van der Waals surface area (Å²) in [5.41, 5.74) is 0. The lowest BCUT2D eigenvalue weighted by atomic mass is 9.89. The van der Waals surface area contributed by atoms with Crippen LogP contribution in [0.3, 0.4) is 0 Å². The average molecular weight is 252 g/mol. The van der Waals surface area contributed by atoms with Gasteiger partial charge in [0.15, 0.2) is 0 Å². The molecular formula is C16H32N2. The fourth-order valence-corrected chi connectivity index (χ4v) is 3.82. The Labute approximate surface area is 114 Å². The van der Waals surface area contributed by atoms with E-state index in [0.717, 1.165) is 18.0 Å². The summed E-state index contributed by atoms with van der Waals surface area (Å²) in [6, 6.07) is 1.67. The number of nitrogens with zero attached hydrogens (tertiary/aromatic N) is 1. The van der Waals surface area contributed by atoms with Gasteiger partial charge in [0.05, 0.1) is 0 Å². The zero-order chi connectivity index (χ0) is 12.8. The van der Waals surface area contributed by atoms with Crippen molar-refractivity contribution in [1.82, 2.24) is 10.2 Å². The molecule has 1 N–H and O–H groups in total. The lowest BCUT2D eigenvalue weighted by molar-refractivity contribution is 0.154. The van der Waals surface area contributed by atoms with Crippen LogP contribution < -0.4 is 5.32 Å². The zero-order valence-corrected chi connectivity index (χ0v) is 12.5. The number of hydrogen-bond acceptors (Lipinski definition) is 2. The Morgan fingerprint density at radius 3 is 2.28 bits per heavy atom. The molecule has 0 radical (unpaired) electrons. The first-order valence-electron chi connectivity index (χ1n) is 8.23. The van der Waals surface area contributed by atoms with Crippen LogP contribution in [0.1, 0.15) is 64.7 Å². The van der Waals surface area contributed by atoms with Crippen LogP contribution >= 0.6 is 0 Å². The Morgan fingerprint density at radius 2 is 1.67 bits per heavy atom. The molecule has 0 aromatic carbocycles. The summed E-state index contributed by atoms with van der Waals surface area (Å²) in [6.45, 7) is 4.82. The topological polar surface area (TPSA) is 15.3 Å². The molecule has 2 aliphatic carbocycles. The summed E-state index contributed by atoms with van der Waals surface area (Å²) < 4.78 is 0. The maximum atomic E-state index is 3.69. The van der Waals surface area contributed by atoms with E-state index in [-0.39, 0.29) is 0 Å². The summed E-state index contributed by atoms with van der Waals surface area (Å²) in [5.74, 6) is 1.01. The van der Waals surface area contributed by atoms with Crippen molar-refractivity contribution in [3.05, 3.63) is 0 Å². The molecule has 0 unspecified atom stereocenters. The number of hydrogen-bond donors (Lipinski definition) is 1.